The van der Waals surface area contributed by atoms with Crippen LogP contribution in [0.3, 0.4) is 0 Å². The van der Waals surface area contributed by atoms with Crippen LogP contribution in [0.25, 0.3) is 0 Å². The van der Waals surface area contributed by atoms with E-state index in [9.17, 15) is 24.6 Å². The van der Waals surface area contributed by atoms with Crippen molar-refractivity contribution in [3.8, 4) is 0 Å². The minimum absolute atomic E-state index is 0.0108. The molecule has 0 atom stereocenters. The fourth-order valence-electron chi connectivity index (χ4n) is 3.05. The third-order valence-electron chi connectivity index (χ3n) is 4.05. The zero-order valence-corrected chi connectivity index (χ0v) is 14.8. The van der Waals surface area contributed by atoms with Crippen LogP contribution in [0.5, 0.6) is 0 Å². The Hall–Kier alpha value is -1.23. The van der Waals surface area contributed by atoms with E-state index in [0.29, 0.717) is 33.0 Å². The molecule has 3 N–H and O–H groups in total. The normalized spacial score (nSPS) is 17.8. The summed E-state index contributed by atoms with van der Waals surface area (Å²) in [5.74, 6) is -0.922. The largest absolute Gasteiger partial charge is 0.395 e. The van der Waals surface area contributed by atoms with E-state index >= 15 is 0 Å². The van der Waals surface area contributed by atoms with Crippen molar-refractivity contribution in [2.45, 2.75) is 32.4 Å². The third-order valence-corrected chi connectivity index (χ3v) is 4.05. The van der Waals surface area contributed by atoms with E-state index in [4.69, 9.17) is 5.11 Å². The van der Waals surface area contributed by atoms with Gasteiger partial charge in [0.1, 0.15) is 17.3 Å². The second-order valence-corrected chi connectivity index (χ2v) is 6.29. The Morgan fingerprint density at radius 3 is 1.80 bits per heavy atom. The van der Waals surface area contributed by atoms with Crippen molar-refractivity contribution in [2.75, 3.05) is 52.8 Å². The average Bonchev–Trinajstić information content (AvgIpc) is 2.50. The van der Waals surface area contributed by atoms with Gasteiger partial charge in [0, 0.05) is 26.1 Å². The molecule has 0 amide bonds. The van der Waals surface area contributed by atoms with E-state index in [-0.39, 0.29) is 56.8 Å². The molecule has 1 heterocycles. The van der Waals surface area contributed by atoms with E-state index in [1.54, 1.807) is 0 Å². The molecular weight excluding hydrogens is 330 g/mol. The molecule has 0 saturated carbocycles. The Kier molecular flexibility index (Phi) is 9.94. The molecule has 0 bridgehead atoms. The topological polar surface area (TPSA) is 122 Å². The maximum atomic E-state index is 12.2. The first-order chi connectivity index (χ1) is 11.9. The van der Waals surface area contributed by atoms with Gasteiger partial charge in [-0.25, -0.2) is 0 Å². The maximum Gasteiger partial charge on any atom is 0.147 e. The van der Waals surface area contributed by atoms with Gasteiger partial charge < -0.3 is 15.3 Å². The van der Waals surface area contributed by atoms with Gasteiger partial charge in [0.15, 0.2) is 0 Å². The van der Waals surface area contributed by atoms with Crippen LogP contribution in [0.4, 0.5) is 0 Å². The second-order valence-electron chi connectivity index (χ2n) is 6.29. The molecule has 9 heteroatoms. The summed E-state index contributed by atoms with van der Waals surface area (Å²) in [7, 11) is 0. The quantitative estimate of drug-likeness (QED) is 0.340. The Morgan fingerprint density at radius 2 is 1.36 bits per heavy atom. The molecule has 25 heavy (non-hydrogen) atoms. The summed E-state index contributed by atoms with van der Waals surface area (Å²) in [6, 6.07) is 0. The van der Waals surface area contributed by atoms with Gasteiger partial charge in [-0.05, 0) is 6.92 Å². The predicted octanol–water partition coefficient (Wildman–Crippen LogP) is -1.98. The highest BCUT2D eigenvalue weighted by molar-refractivity contribution is 6.06. The molecule has 1 aliphatic heterocycles. The van der Waals surface area contributed by atoms with Crippen LogP contribution in [0.2, 0.25) is 0 Å². The lowest BCUT2D eigenvalue weighted by Gasteiger charge is -2.48. The maximum absolute atomic E-state index is 12.2. The minimum Gasteiger partial charge on any atom is -0.395 e. The summed E-state index contributed by atoms with van der Waals surface area (Å²) in [5.41, 5.74) is 0. The Balaban J connectivity index is 2.76. The first-order valence-electron chi connectivity index (χ1n) is 8.47. The second kappa shape index (κ2) is 11.4. The van der Waals surface area contributed by atoms with Gasteiger partial charge in [-0.2, -0.15) is 0 Å². The number of nitrogens with zero attached hydrogens (tertiary/aromatic N) is 3. The summed E-state index contributed by atoms with van der Waals surface area (Å²) in [6.07, 6.45) is -0.777. The monoisotopic (exact) mass is 359 g/mol. The van der Waals surface area contributed by atoms with Crippen molar-refractivity contribution in [1.82, 2.24) is 14.7 Å². The fraction of sp³-hybridized carbons (Fsp3) is 0.812. The third kappa shape index (κ3) is 7.68. The van der Waals surface area contributed by atoms with Crippen molar-refractivity contribution in [3.05, 3.63) is 0 Å². The Bertz CT molecular complexity index is 443. The standard InChI is InChI=1S/C16H29N3O6/c1-13(23)8-14(24)9-15(25)10-16-18(3-6-21)11-17(2-5-20)12-19(16)4-7-22/h16,20-22H,2-12H2,1H3. The Morgan fingerprint density at radius 1 is 0.840 bits per heavy atom. The number of ketones is 3. The number of β-amino-alcohol motifs (C(OH)–C–C–N with tert-alkyl or cyclic N) is 3. The van der Waals surface area contributed by atoms with Crippen LogP contribution < -0.4 is 0 Å². The molecule has 0 aliphatic carbocycles. The lowest BCUT2D eigenvalue weighted by Crippen LogP contribution is -2.62. The zero-order valence-electron chi connectivity index (χ0n) is 14.8. The summed E-state index contributed by atoms with van der Waals surface area (Å²) in [5, 5.41) is 27.7. The summed E-state index contributed by atoms with van der Waals surface area (Å²) in [4.78, 5) is 40.6. The van der Waals surface area contributed by atoms with E-state index in [0.717, 1.165) is 0 Å². The van der Waals surface area contributed by atoms with Crippen LogP contribution in [-0.4, -0.2) is 106 Å². The first-order valence-corrected chi connectivity index (χ1v) is 8.47. The number of aliphatic hydroxyl groups excluding tert-OH is 3. The predicted molar refractivity (Wildman–Crippen MR) is 89.4 cm³/mol. The van der Waals surface area contributed by atoms with Gasteiger partial charge in [0.25, 0.3) is 0 Å². The molecular formula is C16H29N3O6. The molecule has 1 fully saturated rings. The van der Waals surface area contributed by atoms with Crippen LogP contribution in [0.15, 0.2) is 0 Å². The molecule has 9 nitrogen and oxygen atoms in total. The molecule has 1 aliphatic rings. The molecule has 144 valence electrons. The van der Waals surface area contributed by atoms with Gasteiger partial charge in [-0.1, -0.05) is 0 Å². The Labute approximate surface area is 147 Å². The van der Waals surface area contributed by atoms with Crippen molar-refractivity contribution in [2.24, 2.45) is 0 Å². The van der Waals surface area contributed by atoms with E-state index < -0.39 is 5.78 Å². The summed E-state index contributed by atoms with van der Waals surface area (Å²) in [6.45, 7) is 3.19. The number of carbonyl (C=O) groups excluding carboxylic acids is 3. The molecule has 1 rings (SSSR count). The summed E-state index contributed by atoms with van der Waals surface area (Å²) < 4.78 is 0. The van der Waals surface area contributed by atoms with Crippen molar-refractivity contribution in [3.63, 3.8) is 0 Å². The zero-order chi connectivity index (χ0) is 18.8. The van der Waals surface area contributed by atoms with Crippen LogP contribution >= 0.6 is 0 Å². The lowest BCUT2D eigenvalue weighted by atomic mass is 10.0. The van der Waals surface area contributed by atoms with Crippen LogP contribution in [-0.2, 0) is 14.4 Å². The average molecular weight is 359 g/mol. The minimum atomic E-state index is -0.391. The fourth-order valence-corrected chi connectivity index (χ4v) is 3.05. The lowest BCUT2D eigenvalue weighted by molar-refractivity contribution is -0.135. The van der Waals surface area contributed by atoms with Gasteiger partial charge in [0.2, 0.25) is 0 Å². The number of rotatable bonds is 12. The van der Waals surface area contributed by atoms with Gasteiger partial charge in [0.05, 0.1) is 52.2 Å². The number of Topliss-reactive ketones (excluding diaryl/α,β-unsaturated/α-hetero) is 3. The summed E-state index contributed by atoms with van der Waals surface area (Å²) >= 11 is 0. The molecule has 0 aromatic heterocycles. The molecule has 1 saturated heterocycles. The van der Waals surface area contributed by atoms with Crippen molar-refractivity contribution < 1.29 is 29.7 Å². The van der Waals surface area contributed by atoms with Crippen LogP contribution in [0.1, 0.15) is 26.2 Å². The number of hydrogen-bond acceptors (Lipinski definition) is 9. The molecule has 0 aromatic rings. The smallest absolute Gasteiger partial charge is 0.147 e. The number of hydrogen-bond donors (Lipinski definition) is 3. The van der Waals surface area contributed by atoms with Gasteiger partial charge in [-0.15, -0.1) is 0 Å². The van der Waals surface area contributed by atoms with Gasteiger partial charge in [-0.3, -0.25) is 29.1 Å². The van der Waals surface area contributed by atoms with Gasteiger partial charge >= 0.3 is 0 Å². The molecule has 0 radical (unpaired) electrons. The highest BCUT2D eigenvalue weighted by atomic mass is 16.3. The highest BCUT2D eigenvalue weighted by Crippen LogP contribution is 2.18. The molecule has 0 unspecified atom stereocenters. The van der Waals surface area contributed by atoms with E-state index in [2.05, 4.69) is 0 Å². The number of aliphatic hydroxyl groups is 3. The highest BCUT2D eigenvalue weighted by Gasteiger charge is 2.33. The van der Waals surface area contributed by atoms with Crippen LogP contribution in [0, 0.1) is 0 Å². The first kappa shape index (κ1) is 21.8. The SMILES string of the molecule is CC(=O)CC(=O)CC(=O)CC1N(CCO)CN(CCO)CN1CCO. The van der Waals surface area contributed by atoms with E-state index in [1.807, 2.05) is 14.7 Å². The molecule has 0 spiro atoms. The van der Waals surface area contributed by atoms with E-state index in [1.165, 1.54) is 6.92 Å². The molecule has 0 aromatic carbocycles. The van der Waals surface area contributed by atoms with Crippen molar-refractivity contribution >= 4 is 17.3 Å². The van der Waals surface area contributed by atoms with Crippen molar-refractivity contribution in [1.29, 1.82) is 0 Å². The number of carbonyl (C=O) groups is 3.